The third kappa shape index (κ3) is 5.33. The fourth-order valence-electron chi connectivity index (χ4n) is 2.09. The van der Waals surface area contributed by atoms with Crippen LogP contribution in [0.25, 0.3) is 0 Å². The molecule has 0 saturated heterocycles. The van der Waals surface area contributed by atoms with E-state index in [1.54, 1.807) is 6.92 Å². The van der Waals surface area contributed by atoms with Gasteiger partial charge in [-0.3, -0.25) is 4.79 Å². The number of aliphatic hydroxyl groups is 1. The molecule has 112 valence electrons. The molecule has 0 heterocycles. The molecular weight excluding hydrogens is 252 g/mol. The molecule has 0 fully saturated rings. The van der Waals surface area contributed by atoms with Crippen molar-refractivity contribution < 1.29 is 14.6 Å². The summed E-state index contributed by atoms with van der Waals surface area (Å²) in [6.45, 7) is 8.07. The van der Waals surface area contributed by atoms with Gasteiger partial charge in [-0.1, -0.05) is 38.1 Å². The fraction of sp³-hybridized carbons (Fsp3) is 0.588. The fourth-order valence-corrected chi connectivity index (χ4v) is 2.09. The van der Waals surface area contributed by atoms with Gasteiger partial charge in [0.1, 0.15) is 6.10 Å². The van der Waals surface area contributed by atoms with Crippen LogP contribution in [-0.2, 0) is 16.0 Å². The summed E-state index contributed by atoms with van der Waals surface area (Å²) in [7, 11) is 0. The molecular formula is C17H26O3. The Labute approximate surface area is 122 Å². The van der Waals surface area contributed by atoms with Gasteiger partial charge in [-0.15, -0.1) is 0 Å². The number of rotatable bonds is 7. The average molecular weight is 278 g/mol. The van der Waals surface area contributed by atoms with Crippen LogP contribution >= 0.6 is 0 Å². The van der Waals surface area contributed by atoms with Gasteiger partial charge < -0.3 is 9.84 Å². The Morgan fingerprint density at radius 1 is 1.15 bits per heavy atom. The van der Waals surface area contributed by atoms with E-state index < -0.39 is 0 Å². The predicted molar refractivity (Wildman–Crippen MR) is 80.7 cm³/mol. The van der Waals surface area contributed by atoms with E-state index in [0.717, 1.165) is 12.0 Å². The van der Waals surface area contributed by atoms with E-state index in [-0.39, 0.29) is 24.6 Å². The standard InChI is InChI=1S/C17H26O3/c1-12(2)11-15-5-7-16(8-6-15)14(4)17(19)20-13(3)9-10-18/h5-8,12-14,18H,9-11H2,1-4H3/t13?,14-/m0/s1. The van der Waals surface area contributed by atoms with Gasteiger partial charge in [-0.25, -0.2) is 0 Å². The Kier molecular flexibility index (Phi) is 6.73. The molecule has 3 heteroatoms. The summed E-state index contributed by atoms with van der Waals surface area (Å²) in [5, 5.41) is 8.82. The van der Waals surface area contributed by atoms with E-state index in [1.807, 2.05) is 19.1 Å². The number of hydrogen-bond acceptors (Lipinski definition) is 3. The smallest absolute Gasteiger partial charge is 0.313 e. The van der Waals surface area contributed by atoms with Crippen molar-refractivity contribution in [1.29, 1.82) is 0 Å². The highest BCUT2D eigenvalue weighted by Gasteiger charge is 2.19. The number of aliphatic hydroxyl groups excluding tert-OH is 1. The molecule has 0 bridgehead atoms. The molecule has 1 unspecified atom stereocenters. The van der Waals surface area contributed by atoms with Gasteiger partial charge >= 0.3 is 5.97 Å². The minimum atomic E-state index is -0.274. The first-order chi connectivity index (χ1) is 9.43. The van der Waals surface area contributed by atoms with Crippen LogP contribution in [0.4, 0.5) is 0 Å². The first-order valence-electron chi connectivity index (χ1n) is 7.34. The molecule has 0 aromatic heterocycles. The van der Waals surface area contributed by atoms with Crippen molar-refractivity contribution in [1.82, 2.24) is 0 Å². The molecule has 0 radical (unpaired) electrons. The lowest BCUT2D eigenvalue weighted by Gasteiger charge is -2.16. The zero-order valence-electron chi connectivity index (χ0n) is 12.9. The van der Waals surface area contributed by atoms with Crippen LogP contribution in [0.1, 0.15) is 51.2 Å². The van der Waals surface area contributed by atoms with Crippen molar-refractivity contribution in [3.63, 3.8) is 0 Å². The summed E-state index contributed by atoms with van der Waals surface area (Å²) in [5.74, 6) is 0.120. The van der Waals surface area contributed by atoms with Crippen LogP contribution in [-0.4, -0.2) is 23.8 Å². The van der Waals surface area contributed by atoms with Gasteiger partial charge in [0.2, 0.25) is 0 Å². The van der Waals surface area contributed by atoms with Crippen LogP contribution in [0, 0.1) is 5.92 Å². The third-order valence-corrected chi connectivity index (χ3v) is 3.33. The van der Waals surface area contributed by atoms with Gasteiger partial charge in [0.25, 0.3) is 0 Å². The lowest BCUT2D eigenvalue weighted by Crippen LogP contribution is -2.20. The largest absolute Gasteiger partial charge is 0.462 e. The second-order valence-corrected chi connectivity index (χ2v) is 5.82. The van der Waals surface area contributed by atoms with Gasteiger partial charge in [0, 0.05) is 13.0 Å². The summed E-state index contributed by atoms with van der Waals surface area (Å²) in [5.41, 5.74) is 2.26. The summed E-state index contributed by atoms with van der Waals surface area (Å²) in [6.07, 6.45) is 1.29. The number of carbonyl (C=O) groups excluding carboxylic acids is 1. The topological polar surface area (TPSA) is 46.5 Å². The number of esters is 1. The minimum absolute atomic E-state index is 0.0345. The maximum Gasteiger partial charge on any atom is 0.313 e. The number of carbonyl (C=O) groups is 1. The second-order valence-electron chi connectivity index (χ2n) is 5.82. The van der Waals surface area contributed by atoms with Crippen LogP contribution in [0.2, 0.25) is 0 Å². The Morgan fingerprint density at radius 2 is 1.75 bits per heavy atom. The Hall–Kier alpha value is -1.35. The van der Waals surface area contributed by atoms with Crippen molar-refractivity contribution in [2.45, 2.75) is 52.6 Å². The van der Waals surface area contributed by atoms with E-state index in [9.17, 15) is 4.79 Å². The summed E-state index contributed by atoms with van der Waals surface area (Å²) >= 11 is 0. The average Bonchev–Trinajstić information content (AvgIpc) is 2.38. The summed E-state index contributed by atoms with van der Waals surface area (Å²) in [6, 6.07) is 8.16. The molecule has 1 aromatic carbocycles. The van der Waals surface area contributed by atoms with Crippen LogP contribution in [0.15, 0.2) is 24.3 Å². The Balaban J connectivity index is 2.62. The van der Waals surface area contributed by atoms with E-state index in [4.69, 9.17) is 9.84 Å². The molecule has 1 aromatic rings. The van der Waals surface area contributed by atoms with E-state index in [2.05, 4.69) is 26.0 Å². The molecule has 20 heavy (non-hydrogen) atoms. The zero-order valence-corrected chi connectivity index (χ0v) is 12.9. The van der Waals surface area contributed by atoms with E-state index in [1.165, 1.54) is 5.56 Å². The van der Waals surface area contributed by atoms with Crippen molar-refractivity contribution in [3.05, 3.63) is 35.4 Å². The van der Waals surface area contributed by atoms with Crippen LogP contribution in [0.3, 0.4) is 0 Å². The molecule has 1 rings (SSSR count). The van der Waals surface area contributed by atoms with Crippen molar-refractivity contribution in [2.24, 2.45) is 5.92 Å². The SMILES string of the molecule is CC(C)Cc1ccc([C@H](C)C(=O)OC(C)CCO)cc1. The van der Waals surface area contributed by atoms with Crippen molar-refractivity contribution in [2.75, 3.05) is 6.61 Å². The van der Waals surface area contributed by atoms with Crippen LogP contribution in [0.5, 0.6) is 0 Å². The molecule has 3 nitrogen and oxygen atoms in total. The monoisotopic (exact) mass is 278 g/mol. The molecule has 0 amide bonds. The third-order valence-electron chi connectivity index (χ3n) is 3.33. The first-order valence-corrected chi connectivity index (χ1v) is 7.34. The lowest BCUT2D eigenvalue weighted by atomic mass is 9.97. The summed E-state index contributed by atoms with van der Waals surface area (Å²) in [4.78, 5) is 12.0. The highest BCUT2D eigenvalue weighted by Crippen LogP contribution is 2.19. The number of ether oxygens (including phenoxy) is 1. The maximum atomic E-state index is 12.0. The maximum absolute atomic E-state index is 12.0. The number of benzene rings is 1. The van der Waals surface area contributed by atoms with Crippen molar-refractivity contribution >= 4 is 5.97 Å². The normalized spacial score (nSPS) is 14.1. The van der Waals surface area contributed by atoms with E-state index in [0.29, 0.717) is 12.3 Å². The molecule has 0 spiro atoms. The summed E-state index contributed by atoms with van der Waals surface area (Å²) < 4.78 is 5.30. The highest BCUT2D eigenvalue weighted by molar-refractivity contribution is 5.77. The molecule has 2 atom stereocenters. The van der Waals surface area contributed by atoms with Gasteiger partial charge in [0.05, 0.1) is 5.92 Å². The second kappa shape index (κ2) is 8.05. The highest BCUT2D eigenvalue weighted by atomic mass is 16.5. The lowest BCUT2D eigenvalue weighted by molar-refractivity contribution is -0.150. The minimum Gasteiger partial charge on any atom is -0.462 e. The first kappa shape index (κ1) is 16.7. The van der Waals surface area contributed by atoms with Crippen LogP contribution < -0.4 is 0 Å². The molecule has 0 aliphatic rings. The van der Waals surface area contributed by atoms with Gasteiger partial charge in [-0.05, 0) is 37.3 Å². The Morgan fingerprint density at radius 3 is 2.25 bits per heavy atom. The van der Waals surface area contributed by atoms with Gasteiger partial charge in [-0.2, -0.15) is 0 Å². The Bertz CT molecular complexity index is 409. The quantitative estimate of drug-likeness (QED) is 0.778. The molecule has 0 aliphatic carbocycles. The molecule has 0 saturated carbocycles. The van der Waals surface area contributed by atoms with E-state index >= 15 is 0 Å². The number of hydrogen-bond donors (Lipinski definition) is 1. The molecule has 0 aliphatic heterocycles. The zero-order chi connectivity index (χ0) is 15.1. The van der Waals surface area contributed by atoms with Crippen molar-refractivity contribution in [3.8, 4) is 0 Å². The molecule has 1 N–H and O–H groups in total. The predicted octanol–water partition coefficient (Wildman–Crippen LogP) is 3.30. The van der Waals surface area contributed by atoms with Gasteiger partial charge in [0.15, 0.2) is 0 Å².